The summed E-state index contributed by atoms with van der Waals surface area (Å²) in [6.07, 6.45) is 0.470. The molecule has 1 heterocycles. The summed E-state index contributed by atoms with van der Waals surface area (Å²) < 4.78 is 31.7. The fourth-order valence-electron chi connectivity index (χ4n) is 1.47. The number of nitrogens with one attached hydrogen (secondary N) is 1. The number of nitrogens with zero attached hydrogens (tertiary/aromatic N) is 1. The molecule has 90 valence electrons. The molecule has 1 fully saturated rings. The molecule has 0 spiro atoms. The molecule has 0 aromatic heterocycles. The fourth-order valence-corrected chi connectivity index (χ4v) is 2.78. The standard InChI is InChI=1S/C8H18N2O4S/c1-8(11)3-5-10(7-8)15(12,13)9-4-6-14-2/h9,11H,3-7H2,1-2H3. The van der Waals surface area contributed by atoms with Crippen molar-refractivity contribution in [2.45, 2.75) is 18.9 Å². The Morgan fingerprint density at radius 3 is 2.73 bits per heavy atom. The van der Waals surface area contributed by atoms with Gasteiger partial charge in [-0.25, -0.2) is 0 Å². The number of hydrogen-bond donors (Lipinski definition) is 2. The molecule has 0 aromatic rings. The van der Waals surface area contributed by atoms with Gasteiger partial charge in [0.15, 0.2) is 0 Å². The zero-order chi connectivity index (χ0) is 11.5. The lowest BCUT2D eigenvalue weighted by Gasteiger charge is -2.19. The molecule has 1 saturated heterocycles. The van der Waals surface area contributed by atoms with Crippen molar-refractivity contribution < 1.29 is 18.3 Å². The van der Waals surface area contributed by atoms with Gasteiger partial charge in [0.2, 0.25) is 0 Å². The van der Waals surface area contributed by atoms with Crippen LogP contribution >= 0.6 is 0 Å². The summed E-state index contributed by atoms with van der Waals surface area (Å²) in [6, 6.07) is 0. The molecule has 1 unspecified atom stereocenters. The van der Waals surface area contributed by atoms with Gasteiger partial charge in [-0.05, 0) is 13.3 Å². The number of rotatable bonds is 5. The molecule has 6 nitrogen and oxygen atoms in total. The first-order valence-corrected chi connectivity index (χ1v) is 6.27. The van der Waals surface area contributed by atoms with Crippen LogP contribution < -0.4 is 4.72 Å². The van der Waals surface area contributed by atoms with Gasteiger partial charge in [-0.15, -0.1) is 0 Å². The number of methoxy groups -OCH3 is 1. The molecule has 0 radical (unpaired) electrons. The highest BCUT2D eigenvalue weighted by Gasteiger charge is 2.37. The monoisotopic (exact) mass is 238 g/mol. The first-order chi connectivity index (χ1) is 6.87. The maximum Gasteiger partial charge on any atom is 0.279 e. The third-order valence-electron chi connectivity index (χ3n) is 2.35. The van der Waals surface area contributed by atoms with Crippen LogP contribution in [-0.4, -0.2) is 56.8 Å². The lowest BCUT2D eigenvalue weighted by atomic mass is 10.1. The molecule has 1 aliphatic rings. The van der Waals surface area contributed by atoms with E-state index in [1.165, 1.54) is 11.4 Å². The van der Waals surface area contributed by atoms with Crippen molar-refractivity contribution in [3.63, 3.8) is 0 Å². The molecule has 15 heavy (non-hydrogen) atoms. The van der Waals surface area contributed by atoms with E-state index < -0.39 is 15.8 Å². The highest BCUT2D eigenvalue weighted by Crippen LogP contribution is 2.21. The summed E-state index contributed by atoms with van der Waals surface area (Å²) in [5.41, 5.74) is -0.907. The molecule has 0 saturated carbocycles. The zero-order valence-corrected chi connectivity index (χ0v) is 9.88. The second-order valence-electron chi connectivity index (χ2n) is 3.97. The van der Waals surface area contributed by atoms with E-state index >= 15 is 0 Å². The highest BCUT2D eigenvalue weighted by atomic mass is 32.2. The molecule has 0 aromatic carbocycles. The Kier molecular flexibility index (Phi) is 4.07. The van der Waals surface area contributed by atoms with Gasteiger partial charge >= 0.3 is 0 Å². The van der Waals surface area contributed by atoms with E-state index in [2.05, 4.69) is 4.72 Å². The summed E-state index contributed by atoms with van der Waals surface area (Å²) in [4.78, 5) is 0. The second kappa shape index (κ2) is 4.75. The minimum absolute atomic E-state index is 0.148. The molecule has 1 aliphatic heterocycles. The minimum atomic E-state index is -3.46. The van der Waals surface area contributed by atoms with Crippen molar-refractivity contribution in [2.24, 2.45) is 0 Å². The van der Waals surface area contributed by atoms with Crippen molar-refractivity contribution in [3.8, 4) is 0 Å². The van der Waals surface area contributed by atoms with Crippen molar-refractivity contribution in [2.75, 3.05) is 33.4 Å². The van der Waals surface area contributed by atoms with Crippen molar-refractivity contribution in [3.05, 3.63) is 0 Å². The van der Waals surface area contributed by atoms with Crippen LogP contribution in [0.3, 0.4) is 0 Å². The number of hydrogen-bond acceptors (Lipinski definition) is 4. The van der Waals surface area contributed by atoms with Crippen LogP contribution in [0.1, 0.15) is 13.3 Å². The quantitative estimate of drug-likeness (QED) is 0.597. The van der Waals surface area contributed by atoms with E-state index in [0.717, 1.165) is 0 Å². The zero-order valence-electron chi connectivity index (χ0n) is 9.06. The van der Waals surface area contributed by atoms with E-state index in [0.29, 0.717) is 19.6 Å². The van der Waals surface area contributed by atoms with E-state index in [1.807, 2.05) is 0 Å². The van der Waals surface area contributed by atoms with Gasteiger partial charge < -0.3 is 9.84 Å². The van der Waals surface area contributed by atoms with Gasteiger partial charge in [0.05, 0.1) is 12.2 Å². The summed E-state index contributed by atoms with van der Waals surface area (Å²) in [5.74, 6) is 0. The Hall–Kier alpha value is -0.210. The molecule has 0 amide bonds. The predicted octanol–water partition coefficient (Wildman–Crippen LogP) is -1.08. The Morgan fingerprint density at radius 2 is 2.27 bits per heavy atom. The van der Waals surface area contributed by atoms with Gasteiger partial charge in [-0.1, -0.05) is 0 Å². The van der Waals surface area contributed by atoms with Crippen LogP contribution in [0, 0.1) is 0 Å². The number of β-amino-alcohol motifs (C(OH)–C–C–N with tert-alkyl or cyclic N) is 1. The van der Waals surface area contributed by atoms with Crippen LogP contribution in [0.4, 0.5) is 0 Å². The SMILES string of the molecule is COCCNS(=O)(=O)N1CCC(C)(O)C1. The summed E-state index contributed by atoms with van der Waals surface area (Å²) in [5, 5.41) is 9.64. The van der Waals surface area contributed by atoms with Crippen LogP contribution in [0.15, 0.2) is 0 Å². The second-order valence-corrected chi connectivity index (χ2v) is 5.73. The van der Waals surface area contributed by atoms with Crippen molar-refractivity contribution in [1.29, 1.82) is 0 Å². The molecular weight excluding hydrogens is 220 g/mol. The van der Waals surface area contributed by atoms with Gasteiger partial charge in [0.25, 0.3) is 10.2 Å². The molecular formula is C8H18N2O4S. The highest BCUT2D eigenvalue weighted by molar-refractivity contribution is 7.87. The molecule has 7 heteroatoms. The first kappa shape index (κ1) is 12.9. The summed E-state index contributed by atoms with van der Waals surface area (Å²) in [7, 11) is -1.95. The smallest absolute Gasteiger partial charge is 0.279 e. The first-order valence-electron chi connectivity index (χ1n) is 4.83. The van der Waals surface area contributed by atoms with Gasteiger partial charge in [0, 0.05) is 26.7 Å². The maximum absolute atomic E-state index is 11.6. The number of ether oxygens (including phenoxy) is 1. The average Bonchev–Trinajstić information content (AvgIpc) is 2.47. The van der Waals surface area contributed by atoms with Crippen molar-refractivity contribution >= 4 is 10.2 Å². The summed E-state index contributed by atoms with van der Waals surface area (Å²) in [6.45, 7) is 2.73. The third-order valence-corrected chi connectivity index (χ3v) is 3.91. The molecule has 1 rings (SSSR count). The third kappa shape index (κ3) is 3.69. The van der Waals surface area contributed by atoms with E-state index in [9.17, 15) is 13.5 Å². The van der Waals surface area contributed by atoms with Gasteiger partial charge in [-0.3, -0.25) is 0 Å². The molecule has 2 N–H and O–H groups in total. The fraction of sp³-hybridized carbons (Fsp3) is 1.00. The lowest BCUT2D eigenvalue weighted by Crippen LogP contribution is -2.42. The largest absolute Gasteiger partial charge is 0.389 e. The maximum atomic E-state index is 11.6. The summed E-state index contributed by atoms with van der Waals surface area (Å²) >= 11 is 0. The Morgan fingerprint density at radius 1 is 1.60 bits per heavy atom. The Bertz CT molecular complexity index is 302. The van der Waals surface area contributed by atoms with E-state index in [4.69, 9.17) is 4.74 Å². The van der Waals surface area contributed by atoms with Crippen molar-refractivity contribution in [1.82, 2.24) is 9.03 Å². The normalized spacial score (nSPS) is 28.5. The Balaban J connectivity index is 2.49. The van der Waals surface area contributed by atoms with Crippen LogP contribution in [-0.2, 0) is 14.9 Å². The Labute approximate surface area is 90.4 Å². The lowest BCUT2D eigenvalue weighted by molar-refractivity contribution is 0.0761. The average molecular weight is 238 g/mol. The minimum Gasteiger partial charge on any atom is -0.389 e. The topological polar surface area (TPSA) is 78.9 Å². The van der Waals surface area contributed by atoms with Gasteiger partial charge in [-0.2, -0.15) is 17.4 Å². The predicted molar refractivity (Wildman–Crippen MR) is 55.6 cm³/mol. The van der Waals surface area contributed by atoms with Crippen LogP contribution in [0.25, 0.3) is 0 Å². The molecule has 0 bridgehead atoms. The van der Waals surface area contributed by atoms with E-state index in [-0.39, 0.29) is 13.1 Å². The molecule has 0 aliphatic carbocycles. The molecule has 1 atom stereocenters. The van der Waals surface area contributed by atoms with Crippen LogP contribution in [0.2, 0.25) is 0 Å². The number of aliphatic hydroxyl groups is 1. The van der Waals surface area contributed by atoms with Gasteiger partial charge in [0.1, 0.15) is 0 Å². The van der Waals surface area contributed by atoms with Crippen LogP contribution in [0.5, 0.6) is 0 Å². The van der Waals surface area contributed by atoms with E-state index in [1.54, 1.807) is 6.92 Å².